The van der Waals surface area contributed by atoms with Crippen molar-refractivity contribution in [3.05, 3.63) is 0 Å². The van der Waals surface area contributed by atoms with E-state index in [2.05, 4.69) is 6.92 Å². The van der Waals surface area contributed by atoms with E-state index in [1.54, 1.807) is 0 Å². The smallest absolute Gasteiger partial charge is 0.226 e. The summed E-state index contributed by atoms with van der Waals surface area (Å²) in [5.41, 5.74) is 6.12. The molecular weight excluding hydrogens is 254 g/mol. The molecule has 2 N–H and O–H groups in total. The highest BCUT2D eigenvalue weighted by molar-refractivity contribution is 5.81. The van der Waals surface area contributed by atoms with Crippen molar-refractivity contribution in [2.45, 2.75) is 51.1 Å². The van der Waals surface area contributed by atoms with Crippen LogP contribution in [0.3, 0.4) is 0 Å². The first-order chi connectivity index (χ1) is 9.58. The molecule has 0 aromatic heterocycles. The molecule has 3 fully saturated rings. The van der Waals surface area contributed by atoms with Crippen molar-refractivity contribution >= 4 is 11.8 Å². The minimum atomic E-state index is 0.0856. The Morgan fingerprint density at radius 1 is 1.25 bits per heavy atom. The summed E-state index contributed by atoms with van der Waals surface area (Å²) in [5.74, 6) is 0.892. The third-order valence-corrected chi connectivity index (χ3v) is 5.49. The molecule has 112 valence electrons. The lowest BCUT2D eigenvalue weighted by molar-refractivity contribution is -0.144. The first kappa shape index (κ1) is 13.9. The van der Waals surface area contributed by atoms with E-state index in [1.165, 1.54) is 0 Å². The number of nitrogens with two attached hydrogens (primary N) is 1. The van der Waals surface area contributed by atoms with Gasteiger partial charge in [-0.25, -0.2) is 0 Å². The van der Waals surface area contributed by atoms with Gasteiger partial charge >= 0.3 is 0 Å². The summed E-state index contributed by atoms with van der Waals surface area (Å²) in [5, 5.41) is 0. The third kappa shape index (κ3) is 2.32. The van der Waals surface area contributed by atoms with Crippen LogP contribution in [0.25, 0.3) is 0 Å². The zero-order chi connectivity index (χ0) is 14.3. The molecule has 0 aromatic carbocycles. The molecule has 2 heterocycles. The SMILES string of the molecule is CC1C(N)CCCC1C(=O)N1CCN2C(=O)CCC2C1. The lowest BCUT2D eigenvalue weighted by Gasteiger charge is -2.41. The number of fused-ring (bicyclic) bond motifs is 1. The molecule has 0 radical (unpaired) electrons. The van der Waals surface area contributed by atoms with Crippen LogP contribution >= 0.6 is 0 Å². The van der Waals surface area contributed by atoms with Crippen LogP contribution in [0.4, 0.5) is 0 Å². The van der Waals surface area contributed by atoms with Crippen LogP contribution < -0.4 is 5.73 Å². The molecule has 4 atom stereocenters. The average molecular weight is 279 g/mol. The van der Waals surface area contributed by atoms with Crippen molar-refractivity contribution in [3.63, 3.8) is 0 Å². The zero-order valence-corrected chi connectivity index (χ0v) is 12.3. The summed E-state index contributed by atoms with van der Waals surface area (Å²) in [6.07, 6.45) is 4.62. The van der Waals surface area contributed by atoms with E-state index in [9.17, 15) is 9.59 Å². The van der Waals surface area contributed by atoms with Crippen molar-refractivity contribution in [2.75, 3.05) is 19.6 Å². The Labute approximate surface area is 120 Å². The van der Waals surface area contributed by atoms with Gasteiger partial charge in [-0.15, -0.1) is 0 Å². The van der Waals surface area contributed by atoms with E-state index in [1.807, 2.05) is 9.80 Å². The largest absolute Gasteiger partial charge is 0.339 e. The number of carbonyl (C=O) groups excluding carboxylic acids is 2. The van der Waals surface area contributed by atoms with Crippen LogP contribution in [-0.4, -0.2) is 53.3 Å². The fourth-order valence-corrected chi connectivity index (χ4v) is 4.05. The summed E-state index contributed by atoms with van der Waals surface area (Å²) in [7, 11) is 0. The summed E-state index contributed by atoms with van der Waals surface area (Å²) < 4.78 is 0. The molecule has 0 spiro atoms. The Kier molecular flexibility index (Phi) is 3.71. The molecule has 3 aliphatic rings. The summed E-state index contributed by atoms with van der Waals surface area (Å²) >= 11 is 0. The standard InChI is InChI=1S/C15H25N3O2/c1-10-12(3-2-4-13(10)16)15(20)17-7-8-18-11(9-17)5-6-14(18)19/h10-13H,2-9,16H2,1H3. The molecule has 0 bridgehead atoms. The minimum Gasteiger partial charge on any atom is -0.339 e. The van der Waals surface area contributed by atoms with Gasteiger partial charge in [-0.3, -0.25) is 9.59 Å². The van der Waals surface area contributed by atoms with Gasteiger partial charge in [-0.05, 0) is 25.2 Å². The number of amides is 2. The highest BCUT2D eigenvalue weighted by atomic mass is 16.2. The molecule has 3 rings (SSSR count). The first-order valence-electron chi connectivity index (χ1n) is 7.91. The van der Waals surface area contributed by atoms with Gasteiger partial charge in [0.05, 0.1) is 0 Å². The second-order valence-electron chi connectivity index (χ2n) is 6.62. The lowest BCUT2D eigenvalue weighted by atomic mass is 9.76. The average Bonchev–Trinajstić information content (AvgIpc) is 2.82. The summed E-state index contributed by atoms with van der Waals surface area (Å²) in [4.78, 5) is 28.4. The molecule has 1 saturated carbocycles. The van der Waals surface area contributed by atoms with E-state index in [0.29, 0.717) is 19.5 Å². The number of carbonyl (C=O) groups is 2. The van der Waals surface area contributed by atoms with Gasteiger partial charge < -0.3 is 15.5 Å². The van der Waals surface area contributed by atoms with Crippen LogP contribution in [0.1, 0.15) is 39.0 Å². The van der Waals surface area contributed by atoms with Crippen LogP contribution in [0.15, 0.2) is 0 Å². The molecule has 5 nitrogen and oxygen atoms in total. The second-order valence-corrected chi connectivity index (χ2v) is 6.62. The van der Waals surface area contributed by atoms with Gasteiger partial charge in [0, 0.05) is 44.1 Å². The number of hydrogen-bond acceptors (Lipinski definition) is 3. The highest BCUT2D eigenvalue weighted by Crippen LogP contribution is 2.32. The predicted octanol–water partition coefficient (Wildman–Crippen LogP) is 0.583. The molecule has 0 aromatic rings. The highest BCUT2D eigenvalue weighted by Gasteiger charge is 2.40. The summed E-state index contributed by atoms with van der Waals surface area (Å²) in [6, 6.07) is 0.416. The van der Waals surface area contributed by atoms with Crippen molar-refractivity contribution < 1.29 is 9.59 Å². The minimum absolute atomic E-state index is 0.0856. The molecular formula is C15H25N3O2. The van der Waals surface area contributed by atoms with Crippen molar-refractivity contribution in [1.82, 2.24) is 9.80 Å². The van der Waals surface area contributed by atoms with Crippen LogP contribution in [-0.2, 0) is 9.59 Å². The number of nitrogens with zero attached hydrogens (tertiary/aromatic N) is 2. The van der Waals surface area contributed by atoms with Crippen molar-refractivity contribution in [2.24, 2.45) is 17.6 Å². The Morgan fingerprint density at radius 2 is 2.05 bits per heavy atom. The van der Waals surface area contributed by atoms with E-state index < -0.39 is 0 Å². The van der Waals surface area contributed by atoms with Gasteiger partial charge in [0.15, 0.2) is 0 Å². The Hall–Kier alpha value is -1.10. The fraction of sp³-hybridized carbons (Fsp3) is 0.867. The molecule has 1 aliphatic carbocycles. The lowest BCUT2D eigenvalue weighted by Crippen LogP contribution is -2.56. The predicted molar refractivity (Wildman–Crippen MR) is 75.8 cm³/mol. The molecule has 2 saturated heterocycles. The molecule has 20 heavy (non-hydrogen) atoms. The van der Waals surface area contributed by atoms with Crippen molar-refractivity contribution in [1.29, 1.82) is 0 Å². The Bertz CT molecular complexity index is 412. The maximum atomic E-state index is 12.7. The number of rotatable bonds is 1. The quantitative estimate of drug-likeness (QED) is 0.763. The van der Waals surface area contributed by atoms with Crippen LogP contribution in [0.5, 0.6) is 0 Å². The van der Waals surface area contributed by atoms with Crippen molar-refractivity contribution in [3.8, 4) is 0 Å². The van der Waals surface area contributed by atoms with Crippen LogP contribution in [0.2, 0.25) is 0 Å². The second kappa shape index (κ2) is 5.35. The molecule has 5 heteroatoms. The van der Waals surface area contributed by atoms with Crippen LogP contribution in [0, 0.1) is 11.8 Å². The maximum Gasteiger partial charge on any atom is 0.226 e. The van der Waals surface area contributed by atoms with Gasteiger partial charge in [-0.1, -0.05) is 13.3 Å². The molecule has 2 aliphatic heterocycles. The maximum absolute atomic E-state index is 12.7. The van der Waals surface area contributed by atoms with Gasteiger partial charge in [-0.2, -0.15) is 0 Å². The third-order valence-electron chi connectivity index (χ3n) is 5.49. The first-order valence-corrected chi connectivity index (χ1v) is 7.91. The van der Waals surface area contributed by atoms with E-state index >= 15 is 0 Å². The molecule has 2 amide bonds. The number of hydrogen-bond donors (Lipinski definition) is 1. The van der Waals surface area contributed by atoms with Gasteiger partial charge in [0.25, 0.3) is 0 Å². The van der Waals surface area contributed by atoms with E-state index in [4.69, 9.17) is 5.73 Å². The number of piperazine rings is 1. The fourth-order valence-electron chi connectivity index (χ4n) is 4.05. The zero-order valence-electron chi connectivity index (χ0n) is 12.3. The van der Waals surface area contributed by atoms with E-state index in [0.717, 1.165) is 32.2 Å². The van der Waals surface area contributed by atoms with Gasteiger partial charge in [0.2, 0.25) is 11.8 Å². The Morgan fingerprint density at radius 3 is 2.85 bits per heavy atom. The Balaban J connectivity index is 1.64. The van der Waals surface area contributed by atoms with Gasteiger partial charge in [0.1, 0.15) is 0 Å². The summed E-state index contributed by atoms with van der Waals surface area (Å²) in [6.45, 7) is 4.24. The topological polar surface area (TPSA) is 66.6 Å². The monoisotopic (exact) mass is 279 g/mol. The van der Waals surface area contributed by atoms with E-state index in [-0.39, 0.29) is 35.7 Å². The normalized spacial score (nSPS) is 38.0. The molecule has 4 unspecified atom stereocenters.